The van der Waals surface area contributed by atoms with E-state index < -0.39 is 11.7 Å². The van der Waals surface area contributed by atoms with Crippen LogP contribution in [0.15, 0.2) is 66.2 Å². The van der Waals surface area contributed by atoms with E-state index in [9.17, 15) is 14.0 Å². The SMILES string of the molecule is Cc1csc(C(=O)NC2CCC(NC(=O)c3cc(F)cnc3Oc3cccc(-c4ccc(CCN5CCNCC5)cc4)c3)CC2)n1. The monoisotopic (exact) mass is 642 g/mol. The molecule has 6 rings (SSSR count). The van der Waals surface area contributed by atoms with Gasteiger partial charge in [0.25, 0.3) is 11.8 Å². The van der Waals surface area contributed by atoms with E-state index in [0.29, 0.717) is 23.6 Å². The van der Waals surface area contributed by atoms with Crippen molar-refractivity contribution in [3.05, 3.63) is 93.8 Å². The second-order valence-corrected chi connectivity index (χ2v) is 12.8. The molecule has 2 fully saturated rings. The quantitative estimate of drug-likeness (QED) is 0.214. The number of halogens is 1. The molecule has 4 aromatic rings. The average molecular weight is 643 g/mol. The lowest BCUT2D eigenvalue weighted by molar-refractivity contribution is 0.0890. The molecule has 11 heteroatoms. The van der Waals surface area contributed by atoms with Gasteiger partial charge in [-0.15, -0.1) is 11.3 Å². The van der Waals surface area contributed by atoms with Crippen LogP contribution in [0, 0.1) is 12.7 Å². The first kappa shape index (κ1) is 31.8. The lowest BCUT2D eigenvalue weighted by atomic mass is 9.91. The Balaban J connectivity index is 1.05. The highest BCUT2D eigenvalue weighted by molar-refractivity contribution is 7.11. The van der Waals surface area contributed by atoms with E-state index in [4.69, 9.17) is 4.74 Å². The second kappa shape index (κ2) is 14.9. The van der Waals surface area contributed by atoms with Crippen LogP contribution in [-0.4, -0.2) is 71.5 Å². The second-order valence-electron chi connectivity index (χ2n) is 12.0. The Labute approximate surface area is 272 Å². The fourth-order valence-corrected chi connectivity index (χ4v) is 6.66. The third-order valence-corrected chi connectivity index (χ3v) is 9.49. The fourth-order valence-electron chi connectivity index (χ4n) is 5.96. The number of hydrogen-bond donors (Lipinski definition) is 3. The molecule has 0 unspecified atom stereocenters. The smallest absolute Gasteiger partial charge is 0.280 e. The van der Waals surface area contributed by atoms with Crippen LogP contribution in [0.3, 0.4) is 0 Å². The summed E-state index contributed by atoms with van der Waals surface area (Å²) in [6.07, 6.45) is 4.86. The van der Waals surface area contributed by atoms with Crippen LogP contribution in [-0.2, 0) is 6.42 Å². The molecule has 3 heterocycles. The normalized spacial score (nSPS) is 18.6. The van der Waals surface area contributed by atoms with Gasteiger partial charge in [-0.3, -0.25) is 9.59 Å². The highest BCUT2D eigenvalue weighted by Gasteiger charge is 2.26. The molecule has 3 N–H and O–H groups in total. The molecule has 1 saturated heterocycles. The number of pyridine rings is 1. The van der Waals surface area contributed by atoms with Crippen molar-refractivity contribution in [2.45, 2.75) is 51.1 Å². The number of carbonyl (C=O) groups is 2. The highest BCUT2D eigenvalue weighted by atomic mass is 32.1. The van der Waals surface area contributed by atoms with Crippen molar-refractivity contribution < 1.29 is 18.7 Å². The number of amides is 2. The minimum absolute atomic E-state index is 0.0143. The summed E-state index contributed by atoms with van der Waals surface area (Å²) in [5, 5.41) is 11.8. The predicted octanol–water partition coefficient (Wildman–Crippen LogP) is 5.36. The standard InChI is InChI=1S/C35H39FN6O3S/c1-23-22-46-35(39-23)33(44)41-29-11-9-28(10-12-29)40-32(43)31-20-27(36)21-38-34(31)45-30-4-2-3-26(19-30)25-7-5-24(6-8-25)13-16-42-17-14-37-15-18-42/h2-8,19-22,28-29,37H,9-18H2,1H3,(H,40,43)(H,41,44). The molecular formula is C35H39FN6O3S. The molecule has 2 aliphatic rings. The summed E-state index contributed by atoms with van der Waals surface area (Å²) in [7, 11) is 0. The van der Waals surface area contributed by atoms with Crippen LogP contribution >= 0.6 is 11.3 Å². The van der Waals surface area contributed by atoms with Gasteiger partial charge in [-0.2, -0.15) is 0 Å². The van der Waals surface area contributed by atoms with Gasteiger partial charge in [-0.25, -0.2) is 14.4 Å². The number of hydrogen-bond acceptors (Lipinski definition) is 8. The number of rotatable bonds is 10. The first-order valence-corrected chi connectivity index (χ1v) is 16.8. The van der Waals surface area contributed by atoms with Crippen LogP contribution in [0.4, 0.5) is 4.39 Å². The molecule has 0 bridgehead atoms. The van der Waals surface area contributed by atoms with Gasteiger partial charge in [0.1, 0.15) is 17.1 Å². The van der Waals surface area contributed by atoms with Crippen molar-refractivity contribution >= 4 is 23.2 Å². The number of thiazole rings is 1. The number of benzene rings is 2. The highest BCUT2D eigenvalue weighted by Crippen LogP contribution is 2.29. The van der Waals surface area contributed by atoms with Gasteiger partial charge in [-0.1, -0.05) is 36.4 Å². The maximum absolute atomic E-state index is 14.3. The third-order valence-electron chi connectivity index (χ3n) is 8.54. The molecule has 2 amide bonds. The maximum Gasteiger partial charge on any atom is 0.280 e. The predicted molar refractivity (Wildman–Crippen MR) is 177 cm³/mol. The zero-order valence-electron chi connectivity index (χ0n) is 25.9. The molecule has 1 saturated carbocycles. The summed E-state index contributed by atoms with van der Waals surface area (Å²) in [5.41, 5.74) is 4.17. The largest absolute Gasteiger partial charge is 0.438 e. The van der Waals surface area contributed by atoms with Crippen LogP contribution in [0.25, 0.3) is 11.1 Å². The van der Waals surface area contributed by atoms with Gasteiger partial charge in [0.15, 0.2) is 5.01 Å². The van der Waals surface area contributed by atoms with Crippen LogP contribution < -0.4 is 20.7 Å². The van der Waals surface area contributed by atoms with Crippen LogP contribution in [0.5, 0.6) is 11.6 Å². The minimum atomic E-state index is -0.618. The Morgan fingerprint density at radius 2 is 1.70 bits per heavy atom. The Kier molecular flexibility index (Phi) is 10.3. The van der Waals surface area contributed by atoms with E-state index in [-0.39, 0.29) is 29.4 Å². The van der Waals surface area contributed by atoms with Crippen LogP contribution in [0.1, 0.15) is 57.1 Å². The number of aryl methyl sites for hydroxylation is 1. The molecule has 1 aliphatic carbocycles. The lowest BCUT2D eigenvalue weighted by Gasteiger charge is -2.29. The molecule has 0 atom stereocenters. The molecular weight excluding hydrogens is 603 g/mol. The fraction of sp³-hybridized carbons (Fsp3) is 0.371. The summed E-state index contributed by atoms with van der Waals surface area (Å²) in [6, 6.07) is 17.2. The summed E-state index contributed by atoms with van der Waals surface area (Å²) in [5.74, 6) is -0.688. The van der Waals surface area contributed by atoms with Gasteiger partial charge >= 0.3 is 0 Å². The molecule has 2 aromatic heterocycles. The first-order chi connectivity index (χ1) is 22.4. The summed E-state index contributed by atoms with van der Waals surface area (Å²) in [4.78, 5) is 36.7. The lowest BCUT2D eigenvalue weighted by Crippen LogP contribution is -2.44. The Morgan fingerprint density at radius 3 is 2.39 bits per heavy atom. The minimum Gasteiger partial charge on any atom is -0.438 e. The number of aromatic nitrogens is 2. The van der Waals surface area contributed by atoms with Crippen molar-refractivity contribution in [2.24, 2.45) is 0 Å². The van der Waals surface area contributed by atoms with E-state index in [1.54, 1.807) is 6.07 Å². The van der Waals surface area contributed by atoms with Crippen molar-refractivity contribution in [3.8, 4) is 22.8 Å². The van der Waals surface area contributed by atoms with E-state index in [1.165, 1.54) is 16.9 Å². The Morgan fingerprint density at radius 1 is 0.978 bits per heavy atom. The number of nitrogens with one attached hydrogen (secondary N) is 3. The topological polar surface area (TPSA) is 108 Å². The van der Waals surface area contributed by atoms with Crippen molar-refractivity contribution in [2.75, 3.05) is 32.7 Å². The summed E-state index contributed by atoms with van der Waals surface area (Å²) in [6.45, 7) is 7.20. The molecule has 0 radical (unpaired) electrons. The Bertz CT molecular complexity index is 1650. The van der Waals surface area contributed by atoms with Gasteiger partial charge in [0, 0.05) is 55.9 Å². The Hall–Kier alpha value is -4.19. The van der Waals surface area contributed by atoms with Gasteiger partial charge in [-0.05, 0) is 73.9 Å². The number of nitrogens with zero attached hydrogens (tertiary/aromatic N) is 3. The third kappa shape index (κ3) is 8.34. The van der Waals surface area contributed by atoms with E-state index >= 15 is 0 Å². The van der Waals surface area contributed by atoms with Crippen molar-refractivity contribution in [3.63, 3.8) is 0 Å². The van der Waals surface area contributed by atoms with Crippen LogP contribution in [0.2, 0.25) is 0 Å². The molecule has 240 valence electrons. The summed E-state index contributed by atoms with van der Waals surface area (Å²) < 4.78 is 20.3. The number of piperazine rings is 1. The van der Waals surface area contributed by atoms with Gasteiger partial charge in [0.2, 0.25) is 5.88 Å². The molecule has 1 aliphatic heterocycles. The van der Waals surface area contributed by atoms with E-state index in [1.807, 2.05) is 30.5 Å². The van der Waals surface area contributed by atoms with Gasteiger partial charge in [0.05, 0.1) is 6.20 Å². The maximum atomic E-state index is 14.3. The molecule has 2 aromatic carbocycles. The van der Waals surface area contributed by atoms with Gasteiger partial charge < -0.3 is 25.6 Å². The average Bonchev–Trinajstić information content (AvgIpc) is 3.53. The van der Waals surface area contributed by atoms with Crippen molar-refractivity contribution in [1.82, 2.24) is 30.8 Å². The zero-order valence-corrected chi connectivity index (χ0v) is 26.7. The van der Waals surface area contributed by atoms with Crippen molar-refractivity contribution in [1.29, 1.82) is 0 Å². The molecule has 0 spiro atoms. The first-order valence-electron chi connectivity index (χ1n) is 15.9. The zero-order chi connectivity index (χ0) is 31.9. The number of ether oxygens (including phenoxy) is 1. The number of carbonyl (C=O) groups excluding carboxylic acids is 2. The molecule has 46 heavy (non-hydrogen) atoms. The van der Waals surface area contributed by atoms with E-state index in [2.05, 4.69) is 55.1 Å². The van der Waals surface area contributed by atoms with E-state index in [0.717, 1.165) is 81.1 Å². The summed E-state index contributed by atoms with van der Waals surface area (Å²) >= 11 is 1.33. The molecule has 9 nitrogen and oxygen atoms in total.